The second-order valence-electron chi connectivity index (χ2n) is 4.81. The summed E-state index contributed by atoms with van der Waals surface area (Å²) in [5, 5.41) is 0.189. The Morgan fingerprint density at radius 1 is 0.944 bits per heavy atom. The fourth-order valence-corrected chi connectivity index (χ4v) is 2.52. The van der Waals surface area contributed by atoms with Crippen molar-refractivity contribution in [2.24, 2.45) is 5.92 Å². The topological polar surface area (TPSA) is 0 Å². The highest BCUT2D eigenvalue weighted by molar-refractivity contribution is 6.30. The van der Waals surface area contributed by atoms with E-state index in [9.17, 15) is 4.39 Å². The molecular formula is C16H16ClF. The van der Waals surface area contributed by atoms with E-state index >= 15 is 0 Å². The van der Waals surface area contributed by atoms with Crippen LogP contribution in [0.2, 0.25) is 5.02 Å². The van der Waals surface area contributed by atoms with Crippen molar-refractivity contribution in [1.82, 2.24) is 0 Å². The van der Waals surface area contributed by atoms with Gasteiger partial charge in [-0.1, -0.05) is 61.8 Å². The molecule has 0 radical (unpaired) electrons. The van der Waals surface area contributed by atoms with Crippen molar-refractivity contribution in [1.29, 1.82) is 0 Å². The summed E-state index contributed by atoms with van der Waals surface area (Å²) in [5.74, 6) is 0.300. The van der Waals surface area contributed by atoms with Crippen LogP contribution in [0.25, 0.3) is 0 Å². The highest BCUT2D eigenvalue weighted by atomic mass is 35.5. The summed E-state index contributed by atoms with van der Waals surface area (Å²) in [6, 6.07) is 15.2. The maximum absolute atomic E-state index is 13.2. The third-order valence-corrected chi connectivity index (χ3v) is 3.42. The van der Waals surface area contributed by atoms with Crippen LogP contribution in [0.1, 0.15) is 30.9 Å². The summed E-state index contributed by atoms with van der Waals surface area (Å²) < 4.78 is 13.2. The quantitative estimate of drug-likeness (QED) is 0.707. The maximum Gasteiger partial charge on any atom is 0.141 e. The Hall–Kier alpha value is -1.34. The van der Waals surface area contributed by atoms with Gasteiger partial charge in [0.2, 0.25) is 0 Å². The van der Waals surface area contributed by atoms with E-state index < -0.39 is 0 Å². The molecule has 0 fully saturated rings. The minimum atomic E-state index is -0.365. The first-order valence-electron chi connectivity index (χ1n) is 6.09. The summed E-state index contributed by atoms with van der Waals surface area (Å²) in [6.45, 7) is 4.32. The Morgan fingerprint density at radius 2 is 1.61 bits per heavy atom. The molecule has 0 heterocycles. The van der Waals surface area contributed by atoms with Crippen LogP contribution in [0.15, 0.2) is 48.5 Å². The molecule has 0 aromatic heterocycles. The molecule has 2 rings (SSSR count). The van der Waals surface area contributed by atoms with Gasteiger partial charge in [0, 0.05) is 5.92 Å². The van der Waals surface area contributed by atoms with E-state index in [1.54, 1.807) is 6.07 Å². The summed E-state index contributed by atoms with van der Waals surface area (Å²) in [7, 11) is 0. The zero-order chi connectivity index (χ0) is 13.1. The van der Waals surface area contributed by atoms with Gasteiger partial charge < -0.3 is 0 Å². The number of halogens is 2. The fraction of sp³-hybridized carbons (Fsp3) is 0.250. The molecule has 0 aliphatic heterocycles. The predicted molar refractivity (Wildman–Crippen MR) is 74.5 cm³/mol. The Balaban J connectivity index is 2.45. The van der Waals surface area contributed by atoms with Gasteiger partial charge in [-0.3, -0.25) is 0 Å². The number of hydrogen-bond acceptors (Lipinski definition) is 0. The zero-order valence-electron chi connectivity index (χ0n) is 10.5. The molecule has 2 heteroatoms. The van der Waals surface area contributed by atoms with Gasteiger partial charge in [-0.05, 0) is 29.2 Å². The second-order valence-corrected chi connectivity index (χ2v) is 5.21. The molecule has 0 spiro atoms. The third-order valence-electron chi connectivity index (χ3n) is 3.13. The van der Waals surface area contributed by atoms with Crippen molar-refractivity contribution in [3.63, 3.8) is 0 Å². The highest BCUT2D eigenvalue weighted by Gasteiger charge is 2.18. The van der Waals surface area contributed by atoms with Gasteiger partial charge in [0.25, 0.3) is 0 Å². The van der Waals surface area contributed by atoms with E-state index in [4.69, 9.17) is 11.6 Å². The lowest BCUT2D eigenvalue weighted by Gasteiger charge is -2.22. The Kier molecular flexibility index (Phi) is 4.03. The Morgan fingerprint density at radius 3 is 2.17 bits per heavy atom. The first-order chi connectivity index (χ1) is 8.59. The number of hydrogen-bond donors (Lipinski definition) is 0. The van der Waals surface area contributed by atoms with Gasteiger partial charge in [-0.15, -0.1) is 0 Å². The van der Waals surface area contributed by atoms with Gasteiger partial charge in [0.05, 0.1) is 5.02 Å². The van der Waals surface area contributed by atoms with Crippen molar-refractivity contribution < 1.29 is 4.39 Å². The SMILES string of the molecule is CC(C)C(c1ccccc1)c1ccc(F)c(Cl)c1. The van der Waals surface area contributed by atoms with Gasteiger partial charge in [0.15, 0.2) is 0 Å². The van der Waals surface area contributed by atoms with Crippen molar-refractivity contribution in [2.45, 2.75) is 19.8 Å². The summed E-state index contributed by atoms with van der Waals surface area (Å²) in [4.78, 5) is 0. The molecule has 1 unspecified atom stereocenters. The van der Waals surface area contributed by atoms with Crippen molar-refractivity contribution in [2.75, 3.05) is 0 Å². The molecule has 18 heavy (non-hydrogen) atoms. The smallest absolute Gasteiger partial charge is 0.141 e. The van der Waals surface area contributed by atoms with Crippen LogP contribution in [0, 0.1) is 11.7 Å². The van der Waals surface area contributed by atoms with Crippen molar-refractivity contribution in [3.05, 3.63) is 70.5 Å². The summed E-state index contributed by atoms with van der Waals surface area (Å²) in [6.07, 6.45) is 0. The lowest BCUT2D eigenvalue weighted by Crippen LogP contribution is -2.08. The average molecular weight is 263 g/mol. The van der Waals surface area contributed by atoms with E-state index in [-0.39, 0.29) is 16.8 Å². The molecule has 0 aliphatic carbocycles. The van der Waals surface area contributed by atoms with E-state index in [1.165, 1.54) is 11.6 Å². The van der Waals surface area contributed by atoms with E-state index in [0.29, 0.717) is 5.92 Å². The van der Waals surface area contributed by atoms with E-state index in [0.717, 1.165) is 5.56 Å². The van der Waals surface area contributed by atoms with E-state index in [2.05, 4.69) is 26.0 Å². The predicted octanol–water partition coefficient (Wildman–Crippen LogP) is 5.27. The van der Waals surface area contributed by atoms with Crippen LogP contribution in [0.4, 0.5) is 4.39 Å². The molecule has 1 atom stereocenters. The molecule has 94 valence electrons. The third kappa shape index (κ3) is 2.73. The minimum Gasteiger partial charge on any atom is -0.205 e. The van der Waals surface area contributed by atoms with Crippen LogP contribution in [0.3, 0.4) is 0 Å². The molecule has 0 aliphatic rings. The largest absolute Gasteiger partial charge is 0.205 e. The number of benzene rings is 2. The minimum absolute atomic E-state index is 0.189. The normalized spacial score (nSPS) is 12.7. The highest BCUT2D eigenvalue weighted by Crippen LogP contribution is 2.33. The summed E-state index contributed by atoms with van der Waals surface area (Å²) in [5.41, 5.74) is 2.29. The monoisotopic (exact) mass is 262 g/mol. The van der Waals surface area contributed by atoms with Crippen LogP contribution >= 0.6 is 11.6 Å². The Labute approximate surface area is 112 Å². The number of rotatable bonds is 3. The zero-order valence-corrected chi connectivity index (χ0v) is 11.3. The molecular weight excluding hydrogens is 247 g/mol. The van der Waals surface area contributed by atoms with Gasteiger partial charge in [0.1, 0.15) is 5.82 Å². The van der Waals surface area contributed by atoms with Crippen LogP contribution in [-0.4, -0.2) is 0 Å². The summed E-state index contributed by atoms with van der Waals surface area (Å²) >= 11 is 5.88. The standard InChI is InChI=1S/C16H16ClF/c1-11(2)16(12-6-4-3-5-7-12)13-8-9-15(18)14(17)10-13/h3-11,16H,1-2H3. The second kappa shape index (κ2) is 5.53. The van der Waals surface area contributed by atoms with Crippen LogP contribution in [0.5, 0.6) is 0 Å². The lowest BCUT2D eigenvalue weighted by molar-refractivity contribution is 0.561. The first kappa shape index (κ1) is 13.1. The molecule has 0 N–H and O–H groups in total. The maximum atomic E-state index is 13.2. The van der Waals surface area contributed by atoms with Gasteiger partial charge in [-0.25, -0.2) is 4.39 Å². The Bertz CT molecular complexity index is 520. The molecule has 0 amide bonds. The molecule has 0 bridgehead atoms. The van der Waals surface area contributed by atoms with Crippen LogP contribution in [-0.2, 0) is 0 Å². The lowest BCUT2D eigenvalue weighted by atomic mass is 9.83. The molecule has 0 nitrogen and oxygen atoms in total. The van der Waals surface area contributed by atoms with Gasteiger partial charge >= 0.3 is 0 Å². The fourth-order valence-electron chi connectivity index (χ4n) is 2.33. The van der Waals surface area contributed by atoms with Gasteiger partial charge in [-0.2, -0.15) is 0 Å². The molecule has 0 saturated heterocycles. The molecule has 0 saturated carbocycles. The average Bonchev–Trinajstić information content (AvgIpc) is 2.35. The first-order valence-corrected chi connectivity index (χ1v) is 6.47. The van der Waals surface area contributed by atoms with Crippen LogP contribution < -0.4 is 0 Å². The van der Waals surface area contributed by atoms with E-state index in [1.807, 2.05) is 24.3 Å². The molecule has 2 aromatic rings. The molecule has 2 aromatic carbocycles. The van der Waals surface area contributed by atoms with Crippen molar-refractivity contribution in [3.8, 4) is 0 Å². The van der Waals surface area contributed by atoms with Crippen molar-refractivity contribution >= 4 is 11.6 Å².